The van der Waals surface area contributed by atoms with Gasteiger partial charge in [0, 0.05) is 24.2 Å². The summed E-state index contributed by atoms with van der Waals surface area (Å²) in [5.74, 6) is 0.467. The highest BCUT2D eigenvalue weighted by molar-refractivity contribution is 5.91. The molecule has 0 heterocycles. The predicted octanol–water partition coefficient (Wildman–Crippen LogP) is 3.53. The van der Waals surface area contributed by atoms with Crippen molar-refractivity contribution < 1.29 is 4.79 Å². The van der Waals surface area contributed by atoms with Gasteiger partial charge in [-0.3, -0.25) is 4.79 Å². The minimum atomic E-state index is 0.0517. The molecule has 0 fully saturated rings. The van der Waals surface area contributed by atoms with Gasteiger partial charge in [0.15, 0.2) is 0 Å². The summed E-state index contributed by atoms with van der Waals surface area (Å²) in [6, 6.07) is 7.99. The Morgan fingerprint density at radius 3 is 2.42 bits per heavy atom. The molecule has 1 aromatic carbocycles. The molecule has 106 valence electrons. The van der Waals surface area contributed by atoms with Gasteiger partial charge in [-0.1, -0.05) is 32.0 Å². The zero-order valence-corrected chi connectivity index (χ0v) is 12.7. The van der Waals surface area contributed by atoms with Crippen LogP contribution in [0.3, 0.4) is 0 Å². The molecule has 0 aliphatic carbocycles. The van der Waals surface area contributed by atoms with Crippen LogP contribution in [0.4, 0.5) is 5.69 Å². The van der Waals surface area contributed by atoms with Gasteiger partial charge in [-0.05, 0) is 38.3 Å². The lowest BCUT2D eigenvalue weighted by Gasteiger charge is -2.20. The van der Waals surface area contributed by atoms with Crippen molar-refractivity contribution in [2.75, 3.05) is 11.9 Å². The van der Waals surface area contributed by atoms with Crippen molar-refractivity contribution in [2.45, 2.75) is 52.5 Å². The molecular weight excluding hydrogens is 236 g/mol. The molecule has 0 aliphatic heterocycles. The number of anilines is 1. The van der Waals surface area contributed by atoms with Crippen molar-refractivity contribution in [3.8, 4) is 0 Å². The fourth-order valence-corrected chi connectivity index (χ4v) is 1.88. The first-order valence-corrected chi connectivity index (χ1v) is 6.93. The van der Waals surface area contributed by atoms with Crippen LogP contribution in [-0.2, 0) is 4.79 Å². The Labute approximate surface area is 116 Å². The van der Waals surface area contributed by atoms with Crippen LogP contribution in [0, 0.1) is 0 Å². The van der Waals surface area contributed by atoms with Crippen LogP contribution in [0.2, 0.25) is 0 Å². The van der Waals surface area contributed by atoms with Crippen molar-refractivity contribution in [3.05, 3.63) is 29.8 Å². The smallest absolute Gasteiger partial charge is 0.225 e. The summed E-state index contributed by atoms with van der Waals surface area (Å²) in [6.07, 6.45) is 0.490. The molecule has 0 aromatic heterocycles. The first-order chi connectivity index (χ1) is 8.79. The summed E-state index contributed by atoms with van der Waals surface area (Å²) in [7, 11) is 0. The van der Waals surface area contributed by atoms with Gasteiger partial charge in [0.2, 0.25) is 5.91 Å². The third-order valence-corrected chi connectivity index (χ3v) is 2.86. The van der Waals surface area contributed by atoms with Crippen molar-refractivity contribution >= 4 is 11.6 Å². The van der Waals surface area contributed by atoms with E-state index in [2.05, 4.69) is 51.3 Å². The van der Waals surface area contributed by atoms with Gasteiger partial charge in [-0.25, -0.2) is 0 Å². The normalized spacial score (nSPS) is 11.7. The van der Waals surface area contributed by atoms with Crippen LogP contribution in [0.5, 0.6) is 0 Å². The summed E-state index contributed by atoms with van der Waals surface area (Å²) >= 11 is 0. The SMILES string of the molecule is CC(C)c1ccccc1NC(=O)CCNC(C)(C)C. The third kappa shape index (κ3) is 5.88. The zero-order chi connectivity index (χ0) is 14.5. The minimum Gasteiger partial charge on any atom is -0.326 e. The van der Waals surface area contributed by atoms with Crippen LogP contribution in [0.1, 0.15) is 52.5 Å². The molecule has 0 atom stereocenters. The molecular formula is C16H26N2O. The molecule has 1 amide bonds. The summed E-state index contributed by atoms with van der Waals surface area (Å²) in [5.41, 5.74) is 2.16. The van der Waals surface area contributed by atoms with Gasteiger partial charge in [-0.2, -0.15) is 0 Å². The van der Waals surface area contributed by atoms with Gasteiger partial charge in [-0.15, -0.1) is 0 Å². The molecule has 19 heavy (non-hydrogen) atoms. The van der Waals surface area contributed by atoms with E-state index in [0.29, 0.717) is 18.9 Å². The number of hydrogen-bond acceptors (Lipinski definition) is 2. The van der Waals surface area contributed by atoms with Gasteiger partial charge in [0.05, 0.1) is 0 Å². The molecule has 0 unspecified atom stereocenters. The van der Waals surface area contributed by atoms with Crippen LogP contribution in [-0.4, -0.2) is 18.0 Å². The van der Waals surface area contributed by atoms with Crippen LogP contribution in [0.25, 0.3) is 0 Å². The highest BCUT2D eigenvalue weighted by Gasteiger charge is 2.11. The van der Waals surface area contributed by atoms with Gasteiger partial charge >= 0.3 is 0 Å². The fraction of sp³-hybridized carbons (Fsp3) is 0.562. The maximum atomic E-state index is 11.9. The van der Waals surface area contributed by atoms with Crippen LogP contribution in [0.15, 0.2) is 24.3 Å². The van der Waals surface area contributed by atoms with Crippen LogP contribution >= 0.6 is 0 Å². The van der Waals surface area contributed by atoms with Crippen LogP contribution < -0.4 is 10.6 Å². The number of carbonyl (C=O) groups is 1. The monoisotopic (exact) mass is 262 g/mol. The quantitative estimate of drug-likeness (QED) is 0.852. The number of amides is 1. The number of hydrogen-bond donors (Lipinski definition) is 2. The molecule has 0 aliphatic rings. The largest absolute Gasteiger partial charge is 0.326 e. The topological polar surface area (TPSA) is 41.1 Å². The van der Waals surface area contributed by atoms with E-state index in [0.717, 1.165) is 5.69 Å². The number of nitrogens with one attached hydrogen (secondary N) is 2. The molecule has 2 N–H and O–H groups in total. The second kappa shape index (κ2) is 6.71. The van der Waals surface area contributed by atoms with E-state index in [1.165, 1.54) is 5.56 Å². The molecule has 3 nitrogen and oxygen atoms in total. The van der Waals surface area contributed by atoms with Gasteiger partial charge < -0.3 is 10.6 Å². The number of carbonyl (C=O) groups excluding carboxylic acids is 1. The molecule has 0 saturated heterocycles. The lowest BCUT2D eigenvalue weighted by atomic mass is 10.0. The van der Waals surface area contributed by atoms with E-state index < -0.39 is 0 Å². The second-order valence-electron chi connectivity index (χ2n) is 6.22. The summed E-state index contributed by atoms with van der Waals surface area (Å²) in [4.78, 5) is 11.9. The van der Waals surface area contributed by atoms with E-state index in [1.807, 2.05) is 18.2 Å². The third-order valence-electron chi connectivity index (χ3n) is 2.86. The average Bonchev–Trinajstić information content (AvgIpc) is 2.27. The van der Waals surface area contributed by atoms with Crippen molar-refractivity contribution in [1.82, 2.24) is 5.32 Å². The Bertz CT molecular complexity index is 419. The molecule has 0 radical (unpaired) electrons. The molecule has 1 aromatic rings. The highest BCUT2D eigenvalue weighted by atomic mass is 16.1. The number of para-hydroxylation sites is 1. The van der Waals surface area contributed by atoms with Crippen molar-refractivity contribution in [1.29, 1.82) is 0 Å². The Morgan fingerprint density at radius 2 is 1.84 bits per heavy atom. The standard InChI is InChI=1S/C16H26N2O/c1-12(2)13-8-6-7-9-14(13)18-15(19)10-11-17-16(3,4)5/h6-9,12,17H,10-11H2,1-5H3,(H,18,19). The Balaban J connectivity index is 2.53. The summed E-state index contributed by atoms with van der Waals surface area (Å²) in [6.45, 7) is 11.2. The van der Waals surface area contributed by atoms with E-state index in [4.69, 9.17) is 0 Å². The zero-order valence-electron chi connectivity index (χ0n) is 12.7. The van der Waals surface area contributed by atoms with E-state index in [-0.39, 0.29) is 11.4 Å². The van der Waals surface area contributed by atoms with Crippen molar-refractivity contribution in [3.63, 3.8) is 0 Å². The van der Waals surface area contributed by atoms with E-state index in [9.17, 15) is 4.79 Å². The maximum absolute atomic E-state index is 11.9. The summed E-state index contributed by atoms with van der Waals surface area (Å²) in [5, 5.41) is 6.31. The maximum Gasteiger partial charge on any atom is 0.225 e. The van der Waals surface area contributed by atoms with Gasteiger partial charge in [0.1, 0.15) is 0 Å². The Kier molecular flexibility index (Phi) is 5.55. The number of rotatable bonds is 5. The fourth-order valence-electron chi connectivity index (χ4n) is 1.88. The second-order valence-corrected chi connectivity index (χ2v) is 6.22. The first-order valence-electron chi connectivity index (χ1n) is 6.93. The lowest BCUT2D eigenvalue weighted by molar-refractivity contribution is -0.116. The molecule has 0 bridgehead atoms. The Hall–Kier alpha value is -1.35. The first kappa shape index (κ1) is 15.7. The molecule has 0 saturated carbocycles. The van der Waals surface area contributed by atoms with E-state index in [1.54, 1.807) is 0 Å². The molecule has 0 spiro atoms. The van der Waals surface area contributed by atoms with E-state index >= 15 is 0 Å². The lowest BCUT2D eigenvalue weighted by Crippen LogP contribution is -2.37. The highest BCUT2D eigenvalue weighted by Crippen LogP contribution is 2.23. The molecule has 1 rings (SSSR count). The predicted molar refractivity (Wildman–Crippen MR) is 81.5 cm³/mol. The van der Waals surface area contributed by atoms with Crippen molar-refractivity contribution in [2.24, 2.45) is 0 Å². The molecule has 3 heteroatoms. The van der Waals surface area contributed by atoms with Gasteiger partial charge in [0.25, 0.3) is 0 Å². The average molecular weight is 262 g/mol. The summed E-state index contributed by atoms with van der Waals surface area (Å²) < 4.78 is 0. The number of benzene rings is 1. The Morgan fingerprint density at radius 1 is 1.21 bits per heavy atom. The minimum absolute atomic E-state index is 0.0517.